The molecule has 0 aromatic carbocycles. The van der Waals surface area contributed by atoms with Crippen molar-refractivity contribution >= 4 is 23.0 Å². The van der Waals surface area contributed by atoms with E-state index in [-0.39, 0.29) is 0 Å². The summed E-state index contributed by atoms with van der Waals surface area (Å²) in [5.41, 5.74) is 6.80. The van der Waals surface area contributed by atoms with Crippen LogP contribution in [0.4, 0.5) is 5.82 Å². The quantitative estimate of drug-likeness (QED) is 0.822. The normalized spacial score (nSPS) is 17.4. The number of nitrogens with two attached hydrogens (primary N) is 1. The molecule has 0 spiro atoms. The van der Waals surface area contributed by atoms with E-state index in [1.54, 1.807) is 0 Å². The molecule has 0 bridgehead atoms. The monoisotopic (exact) mass is 279 g/mol. The van der Waals surface area contributed by atoms with E-state index in [0.29, 0.717) is 11.5 Å². The molecule has 104 valence electrons. The molecule has 1 fully saturated rings. The van der Waals surface area contributed by atoms with Gasteiger partial charge in [0, 0.05) is 24.8 Å². The number of hydrogen-bond acceptors (Lipinski definition) is 4. The van der Waals surface area contributed by atoms with Gasteiger partial charge < -0.3 is 15.7 Å². The van der Waals surface area contributed by atoms with Crippen molar-refractivity contribution in [3.05, 3.63) is 23.4 Å². The standard InChI is InChI=1S/C14H21N3OS/c1-10-7-11(13(15)19)8-12(16-10)17(2)9-14(18)5-3-4-6-14/h7-8,18H,3-6,9H2,1-2H3,(H2,15,19). The molecular weight excluding hydrogens is 258 g/mol. The van der Waals surface area contributed by atoms with Gasteiger partial charge in [-0.3, -0.25) is 0 Å². The maximum absolute atomic E-state index is 10.5. The lowest BCUT2D eigenvalue weighted by Crippen LogP contribution is -2.39. The van der Waals surface area contributed by atoms with E-state index in [1.165, 1.54) is 0 Å². The van der Waals surface area contributed by atoms with Crippen LogP contribution in [0.25, 0.3) is 0 Å². The summed E-state index contributed by atoms with van der Waals surface area (Å²) in [4.78, 5) is 6.85. The summed E-state index contributed by atoms with van der Waals surface area (Å²) in [7, 11) is 1.95. The molecule has 1 saturated carbocycles. The number of aryl methyl sites for hydroxylation is 1. The van der Waals surface area contributed by atoms with Gasteiger partial charge in [-0.05, 0) is 31.9 Å². The second-order valence-corrected chi connectivity index (χ2v) is 5.95. The summed E-state index contributed by atoms with van der Waals surface area (Å²) >= 11 is 5.02. The summed E-state index contributed by atoms with van der Waals surface area (Å²) in [5, 5.41) is 10.5. The highest BCUT2D eigenvalue weighted by Gasteiger charge is 2.32. The lowest BCUT2D eigenvalue weighted by molar-refractivity contribution is 0.0558. The van der Waals surface area contributed by atoms with Crippen LogP contribution in [-0.2, 0) is 0 Å². The Labute approximate surface area is 119 Å². The number of hydrogen-bond donors (Lipinski definition) is 2. The molecule has 0 unspecified atom stereocenters. The summed E-state index contributed by atoms with van der Waals surface area (Å²) in [5.74, 6) is 0.808. The first-order valence-electron chi connectivity index (χ1n) is 6.62. The Kier molecular flexibility index (Phi) is 4.06. The second kappa shape index (κ2) is 5.43. The fraction of sp³-hybridized carbons (Fsp3) is 0.571. The summed E-state index contributed by atoms with van der Waals surface area (Å²) in [6, 6.07) is 3.76. The maximum atomic E-state index is 10.5. The first-order valence-corrected chi connectivity index (χ1v) is 7.02. The number of likely N-dealkylation sites (N-methyl/N-ethyl adjacent to an activating group) is 1. The molecule has 0 amide bonds. The van der Waals surface area contributed by atoms with Gasteiger partial charge in [0.2, 0.25) is 0 Å². The summed E-state index contributed by atoms with van der Waals surface area (Å²) < 4.78 is 0. The Balaban J connectivity index is 2.18. The fourth-order valence-corrected chi connectivity index (χ4v) is 2.82. The molecule has 0 saturated heterocycles. The fourth-order valence-electron chi connectivity index (χ4n) is 2.70. The Morgan fingerprint density at radius 1 is 1.47 bits per heavy atom. The molecule has 1 aliphatic rings. The third kappa shape index (κ3) is 3.42. The largest absolute Gasteiger partial charge is 0.389 e. The second-order valence-electron chi connectivity index (χ2n) is 5.51. The van der Waals surface area contributed by atoms with Crippen LogP contribution in [0.5, 0.6) is 0 Å². The summed E-state index contributed by atoms with van der Waals surface area (Å²) in [6.07, 6.45) is 3.93. The Hall–Kier alpha value is -1.20. The molecule has 0 atom stereocenters. The number of aromatic nitrogens is 1. The van der Waals surface area contributed by atoms with Gasteiger partial charge in [0.1, 0.15) is 10.8 Å². The minimum absolute atomic E-state index is 0.375. The van der Waals surface area contributed by atoms with Crippen LogP contribution >= 0.6 is 12.2 Å². The van der Waals surface area contributed by atoms with Crippen molar-refractivity contribution in [3.63, 3.8) is 0 Å². The van der Waals surface area contributed by atoms with E-state index in [4.69, 9.17) is 18.0 Å². The molecule has 5 heteroatoms. The zero-order chi connectivity index (χ0) is 14.0. The zero-order valence-corrected chi connectivity index (χ0v) is 12.3. The van der Waals surface area contributed by atoms with Crippen LogP contribution in [0, 0.1) is 6.92 Å². The number of nitrogens with zero attached hydrogens (tertiary/aromatic N) is 2. The van der Waals surface area contributed by atoms with Gasteiger partial charge in [0.15, 0.2) is 0 Å². The van der Waals surface area contributed by atoms with Crippen molar-refractivity contribution in [2.75, 3.05) is 18.5 Å². The van der Waals surface area contributed by atoms with Gasteiger partial charge in [0.05, 0.1) is 5.60 Å². The van der Waals surface area contributed by atoms with Crippen molar-refractivity contribution in [2.45, 2.75) is 38.2 Å². The van der Waals surface area contributed by atoms with Crippen molar-refractivity contribution < 1.29 is 5.11 Å². The van der Waals surface area contributed by atoms with Gasteiger partial charge in [-0.15, -0.1) is 0 Å². The van der Waals surface area contributed by atoms with Gasteiger partial charge in [-0.25, -0.2) is 4.98 Å². The van der Waals surface area contributed by atoms with Crippen LogP contribution in [-0.4, -0.2) is 34.3 Å². The number of pyridine rings is 1. The Bertz CT molecular complexity index is 484. The van der Waals surface area contributed by atoms with E-state index in [9.17, 15) is 5.11 Å². The highest BCUT2D eigenvalue weighted by atomic mass is 32.1. The predicted molar refractivity (Wildman–Crippen MR) is 81.5 cm³/mol. The Morgan fingerprint density at radius 2 is 2.11 bits per heavy atom. The highest BCUT2D eigenvalue weighted by Crippen LogP contribution is 2.31. The molecule has 1 aromatic rings. The lowest BCUT2D eigenvalue weighted by atomic mass is 10.0. The third-order valence-corrected chi connectivity index (χ3v) is 3.92. The van der Waals surface area contributed by atoms with Crippen molar-refractivity contribution in [1.82, 2.24) is 4.98 Å². The first-order chi connectivity index (χ1) is 8.89. The van der Waals surface area contributed by atoms with E-state index in [2.05, 4.69) is 4.98 Å². The molecule has 1 heterocycles. The smallest absolute Gasteiger partial charge is 0.129 e. The van der Waals surface area contributed by atoms with E-state index in [1.807, 2.05) is 31.0 Å². The van der Waals surface area contributed by atoms with Gasteiger partial charge in [-0.2, -0.15) is 0 Å². The van der Waals surface area contributed by atoms with E-state index in [0.717, 1.165) is 42.8 Å². The predicted octanol–water partition coefficient (Wildman–Crippen LogP) is 1.77. The first kappa shape index (κ1) is 14.2. The van der Waals surface area contributed by atoms with Gasteiger partial charge in [0.25, 0.3) is 0 Å². The van der Waals surface area contributed by atoms with Crippen LogP contribution in [0.3, 0.4) is 0 Å². The third-order valence-electron chi connectivity index (χ3n) is 3.68. The molecule has 3 N–H and O–H groups in total. The SMILES string of the molecule is Cc1cc(C(N)=S)cc(N(C)CC2(O)CCCC2)n1. The average molecular weight is 279 g/mol. The molecular formula is C14H21N3OS. The van der Waals surface area contributed by atoms with E-state index < -0.39 is 5.60 Å². The highest BCUT2D eigenvalue weighted by molar-refractivity contribution is 7.80. The number of aliphatic hydroxyl groups is 1. The minimum Gasteiger partial charge on any atom is -0.389 e. The molecule has 1 aliphatic carbocycles. The molecule has 19 heavy (non-hydrogen) atoms. The zero-order valence-electron chi connectivity index (χ0n) is 11.5. The Morgan fingerprint density at radius 3 is 2.68 bits per heavy atom. The number of rotatable bonds is 4. The van der Waals surface area contributed by atoms with Crippen LogP contribution < -0.4 is 10.6 Å². The van der Waals surface area contributed by atoms with Crippen molar-refractivity contribution in [1.29, 1.82) is 0 Å². The molecule has 0 aliphatic heterocycles. The van der Waals surface area contributed by atoms with Crippen LogP contribution in [0.2, 0.25) is 0 Å². The van der Waals surface area contributed by atoms with Crippen molar-refractivity contribution in [2.24, 2.45) is 5.73 Å². The molecule has 4 nitrogen and oxygen atoms in total. The van der Waals surface area contributed by atoms with Crippen molar-refractivity contribution in [3.8, 4) is 0 Å². The lowest BCUT2D eigenvalue weighted by Gasteiger charge is -2.29. The van der Waals surface area contributed by atoms with Crippen LogP contribution in [0.1, 0.15) is 36.9 Å². The average Bonchev–Trinajstić information content (AvgIpc) is 2.74. The van der Waals surface area contributed by atoms with Gasteiger partial charge in [-0.1, -0.05) is 25.1 Å². The topological polar surface area (TPSA) is 62.4 Å². The van der Waals surface area contributed by atoms with Crippen LogP contribution in [0.15, 0.2) is 12.1 Å². The number of thiocarbonyl (C=S) groups is 1. The maximum Gasteiger partial charge on any atom is 0.129 e. The molecule has 1 aromatic heterocycles. The molecule has 0 radical (unpaired) electrons. The minimum atomic E-state index is -0.580. The number of anilines is 1. The molecule has 2 rings (SSSR count). The van der Waals surface area contributed by atoms with Gasteiger partial charge >= 0.3 is 0 Å². The van der Waals surface area contributed by atoms with E-state index >= 15 is 0 Å². The summed E-state index contributed by atoms with van der Waals surface area (Å²) in [6.45, 7) is 2.52.